The van der Waals surface area contributed by atoms with Crippen molar-refractivity contribution in [2.75, 3.05) is 26.3 Å². The van der Waals surface area contributed by atoms with Crippen LogP contribution in [0.1, 0.15) is 19.8 Å². The first-order valence-corrected chi connectivity index (χ1v) is 7.32. The molecule has 1 aromatic carbocycles. The third kappa shape index (κ3) is 5.39. The minimum atomic E-state index is 0.404. The smallest absolute Gasteiger partial charge is 0.120 e. The first-order valence-electron chi connectivity index (χ1n) is 6.94. The highest BCUT2D eigenvalue weighted by atomic mass is 35.5. The summed E-state index contributed by atoms with van der Waals surface area (Å²) in [7, 11) is 0. The summed E-state index contributed by atoms with van der Waals surface area (Å²) < 4.78 is 11.3. The van der Waals surface area contributed by atoms with Gasteiger partial charge in [0.15, 0.2) is 0 Å². The van der Waals surface area contributed by atoms with E-state index in [1.54, 1.807) is 0 Å². The Bertz CT molecular complexity index is 380. The molecule has 1 fully saturated rings. The number of nitrogens with one attached hydrogen (secondary N) is 1. The van der Waals surface area contributed by atoms with Gasteiger partial charge in [0.25, 0.3) is 0 Å². The van der Waals surface area contributed by atoms with Crippen molar-refractivity contribution in [2.24, 2.45) is 5.92 Å². The molecular formula is C15H22ClNO2. The molecule has 1 saturated heterocycles. The lowest BCUT2D eigenvalue weighted by Gasteiger charge is -2.16. The maximum Gasteiger partial charge on any atom is 0.120 e. The molecule has 0 bridgehead atoms. The highest BCUT2D eigenvalue weighted by molar-refractivity contribution is 6.30. The van der Waals surface area contributed by atoms with E-state index in [0.717, 1.165) is 25.4 Å². The molecule has 1 aliphatic rings. The van der Waals surface area contributed by atoms with E-state index in [1.807, 2.05) is 24.3 Å². The van der Waals surface area contributed by atoms with E-state index < -0.39 is 0 Å². The van der Waals surface area contributed by atoms with Crippen molar-refractivity contribution in [1.29, 1.82) is 0 Å². The molecule has 2 rings (SSSR count). The van der Waals surface area contributed by atoms with Gasteiger partial charge in [0, 0.05) is 30.6 Å². The van der Waals surface area contributed by atoms with Crippen LogP contribution in [-0.2, 0) is 4.74 Å². The quantitative estimate of drug-likeness (QED) is 0.834. The maximum atomic E-state index is 5.91. The largest absolute Gasteiger partial charge is 0.493 e. The van der Waals surface area contributed by atoms with Gasteiger partial charge >= 0.3 is 0 Å². The summed E-state index contributed by atoms with van der Waals surface area (Å²) in [5.41, 5.74) is 0. The van der Waals surface area contributed by atoms with Crippen LogP contribution in [0.15, 0.2) is 24.3 Å². The molecule has 1 N–H and O–H groups in total. The summed E-state index contributed by atoms with van der Waals surface area (Å²) in [4.78, 5) is 0. The van der Waals surface area contributed by atoms with Crippen LogP contribution in [0.3, 0.4) is 0 Å². The van der Waals surface area contributed by atoms with Gasteiger partial charge in [0.2, 0.25) is 0 Å². The number of ether oxygens (including phenoxy) is 2. The lowest BCUT2D eigenvalue weighted by Crippen LogP contribution is -2.31. The first kappa shape index (κ1) is 14.6. The van der Waals surface area contributed by atoms with E-state index in [1.165, 1.54) is 12.8 Å². The monoisotopic (exact) mass is 283 g/mol. The van der Waals surface area contributed by atoms with E-state index in [2.05, 4.69) is 12.2 Å². The van der Waals surface area contributed by atoms with Crippen molar-refractivity contribution in [3.8, 4) is 5.75 Å². The van der Waals surface area contributed by atoms with Crippen LogP contribution in [-0.4, -0.2) is 32.4 Å². The molecule has 4 heteroatoms. The van der Waals surface area contributed by atoms with E-state index in [-0.39, 0.29) is 0 Å². The molecule has 19 heavy (non-hydrogen) atoms. The van der Waals surface area contributed by atoms with Gasteiger partial charge in [-0.05, 0) is 31.0 Å². The fourth-order valence-electron chi connectivity index (χ4n) is 2.15. The van der Waals surface area contributed by atoms with Gasteiger partial charge in [-0.1, -0.05) is 24.6 Å². The van der Waals surface area contributed by atoms with Crippen LogP contribution in [0, 0.1) is 5.92 Å². The summed E-state index contributed by atoms with van der Waals surface area (Å²) in [6.07, 6.45) is 2.78. The van der Waals surface area contributed by atoms with E-state index >= 15 is 0 Å². The molecule has 0 saturated carbocycles. The Balaban J connectivity index is 1.60. The van der Waals surface area contributed by atoms with Crippen molar-refractivity contribution in [2.45, 2.75) is 25.9 Å². The summed E-state index contributed by atoms with van der Waals surface area (Å²) in [6.45, 7) is 5.67. The molecule has 3 nitrogen and oxygen atoms in total. The van der Waals surface area contributed by atoms with E-state index in [0.29, 0.717) is 23.7 Å². The Morgan fingerprint density at radius 1 is 1.53 bits per heavy atom. The molecule has 0 amide bonds. The zero-order valence-electron chi connectivity index (χ0n) is 11.4. The SMILES string of the molecule is CC(CNCC1CCCO1)COc1cccc(Cl)c1. The second-order valence-corrected chi connectivity index (χ2v) is 5.60. The third-order valence-electron chi connectivity index (χ3n) is 3.22. The van der Waals surface area contributed by atoms with Crippen molar-refractivity contribution >= 4 is 11.6 Å². The normalized spacial score (nSPS) is 20.4. The Hall–Kier alpha value is -0.770. The second-order valence-electron chi connectivity index (χ2n) is 5.17. The summed E-state index contributed by atoms with van der Waals surface area (Å²) >= 11 is 5.91. The van der Waals surface area contributed by atoms with Gasteiger partial charge in [-0.2, -0.15) is 0 Å². The highest BCUT2D eigenvalue weighted by Gasteiger charge is 2.15. The standard InChI is InChI=1S/C15H22ClNO2/c1-12(9-17-10-15-6-3-7-18-15)11-19-14-5-2-4-13(16)8-14/h2,4-5,8,12,15,17H,3,6-7,9-11H2,1H3. The molecule has 2 unspecified atom stereocenters. The molecular weight excluding hydrogens is 262 g/mol. The van der Waals surface area contributed by atoms with Crippen molar-refractivity contribution < 1.29 is 9.47 Å². The Morgan fingerprint density at radius 2 is 2.42 bits per heavy atom. The molecule has 0 spiro atoms. The number of hydrogen-bond acceptors (Lipinski definition) is 3. The Morgan fingerprint density at radius 3 is 3.16 bits per heavy atom. The molecule has 1 aromatic rings. The summed E-state index contributed by atoms with van der Waals surface area (Å²) in [5, 5.41) is 4.15. The molecule has 1 aliphatic heterocycles. The minimum Gasteiger partial charge on any atom is -0.493 e. The Labute approximate surface area is 120 Å². The maximum absolute atomic E-state index is 5.91. The number of halogens is 1. The minimum absolute atomic E-state index is 0.404. The Kier molecular flexibility index (Phi) is 5.95. The molecule has 0 radical (unpaired) electrons. The van der Waals surface area contributed by atoms with Gasteiger partial charge in [0.1, 0.15) is 5.75 Å². The van der Waals surface area contributed by atoms with Gasteiger partial charge in [-0.3, -0.25) is 0 Å². The van der Waals surface area contributed by atoms with Crippen LogP contribution in [0.5, 0.6) is 5.75 Å². The van der Waals surface area contributed by atoms with Gasteiger partial charge in [-0.15, -0.1) is 0 Å². The topological polar surface area (TPSA) is 30.5 Å². The first-order chi connectivity index (χ1) is 9.24. The second kappa shape index (κ2) is 7.73. The fourth-order valence-corrected chi connectivity index (χ4v) is 2.33. The summed E-state index contributed by atoms with van der Waals surface area (Å²) in [5.74, 6) is 1.29. The van der Waals surface area contributed by atoms with Crippen LogP contribution >= 0.6 is 11.6 Å². The fraction of sp³-hybridized carbons (Fsp3) is 0.600. The molecule has 106 valence electrons. The summed E-state index contributed by atoms with van der Waals surface area (Å²) in [6, 6.07) is 7.52. The lowest BCUT2D eigenvalue weighted by atomic mass is 10.2. The highest BCUT2D eigenvalue weighted by Crippen LogP contribution is 2.17. The zero-order chi connectivity index (χ0) is 13.5. The average Bonchev–Trinajstić information content (AvgIpc) is 2.90. The van der Waals surface area contributed by atoms with Gasteiger partial charge < -0.3 is 14.8 Å². The lowest BCUT2D eigenvalue weighted by molar-refractivity contribution is 0.108. The molecule has 2 atom stereocenters. The molecule has 0 aromatic heterocycles. The van der Waals surface area contributed by atoms with E-state index in [4.69, 9.17) is 21.1 Å². The van der Waals surface area contributed by atoms with Crippen LogP contribution in [0.25, 0.3) is 0 Å². The van der Waals surface area contributed by atoms with Crippen LogP contribution in [0.2, 0.25) is 5.02 Å². The number of hydrogen-bond donors (Lipinski definition) is 1. The molecule has 0 aliphatic carbocycles. The third-order valence-corrected chi connectivity index (χ3v) is 3.45. The van der Waals surface area contributed by atoms with E-state index in [9.17, 15) is 0 Å². The number of rotatable bonds is 7. The van der Waals surface area contributed by atoms with Crippen molar-refractivity contribution in [3.05, 3.63) is 29.3 Å². The van der Waals surface area contributed by atoms with Crippen LogP contribution in [0.4, 0.5) is 0 Å². The predicted molar refractivity (Wildman–Crippen MR) is 78.0 cm³/mol. The average molecular weight is 284 g/mol. The zero-order valence-corrected chi connectivity index (χ0v) is 12.2. The van der Waals surface area contributed by atoms with Crippen molar-refractivity contribution in [1.82, 2.24) is 5.32 Å². The van der Waals surface area contributed by atoms with Gasteiger partial charge in [0.05, 0.1) is 12.7 Å². The molecule has 1 heterocycles. The van der Waals surface area contributed by atoms with Crippen LogP contribution < -0.4 is 10.1 Å². The number of benzene rings is 1. The van der Waals surface area contributed by atoms with Gasteiger partial charge in [-0.25, -0.2) is 0 Å². The predicted octanol–water partition coefficient (Wildman–Crippen LogP) is 3.12. The van der Waals surface area contributed by atoms with Crippen molar-refractivity contribution in [3.63, 3.8) is 0 Å².